The van der Waals surface area contributed by atoms with E-state index in [1.165, 1.54) is 6.07 Å². The average Bonchev–Trinajstić information content (AvgIpc) is 2.62. The molecule has 2 rings (SSSR count). The molecular weight excluding hydrogens is 440 g/mol. The van der Waals surface area contributed by atoms with E-state index in [1.807, 2.05) is 4.90 Å². The molecular formula is C18H22ClF6N3O2. The van der Waals surface area contributed by atoms with Gasteiger partial charge in [-0.15, -0.1) is 0 Å². The normalized spacial score (nSPS) is 16.6. The van der Waals surface area contributed by atoms with Crippen molar-refractivity contribution in [2.24, 2.45) is 0 Å². The predicted octanol–water partition coefficient (Wildman–Crippen LogP) is 3.88. The number of carbonyl (C=O) groups excluding carboxylic acids is 1. The first-order valence-corrected chi connectivity index (χ1v) is 9.57. The van der Waals surface area contributed by atoms with Gasteiger partial charge in [0.05, 0.1) is 17.1 Å². The van der Waals surface area contributed by atoms with E-state index < -0.39 is 35.5 Å². The second-order valence-corrected chi connectivity index (χ2v) is 7.29. The van der Waals surface area contributed by atoms with E-state index in [4.69, 9.17) is 11.6 Å². The summed E-state index contributed by atoms with van der Waals surface area (Å²) >= 11 is 5.56. The summed E-state index contributed by atoms with van der Waals surface area (Å²) in [5, 5.41) is 2.00. The molecule has 1 aromatic rings. The fourth-order valence-electron chi connectivity index (χ4n) is 2.97. The second kappa shape index (κ2) is 10.7. The molecule has 0 saturated carbocycles. The molecule has 0 atom stereocenters. The topological polar surface area (TPSA) is 44.8 Å². The van der Waals surface area contributed by atoms with Gasteiger partial charge in [0, 0.05) is 45.0 Å². The van der Waals surface area contributed by atoms with Gasteiger partial charge in [0.15, 0.2) is 0 Å². The number of halogens is 7. The van der Waals surface area contributed by atoms with Crippen LogP contribution in [0, 0.1) is 0 Å². The molecule has 1 N–H and O–H groups in total. The fraction of sp³-hybridized carbons (Fsp3) is 0.611. The Labute approximate surface area is 174 Å². The number of carbonyl (C=O) groups is 1. The van der Waals surface area contributed by atoms with Crippen molar-refractivity contribution in [1.29, 1.82) is 0 Å². The number of ether oxygens (including phenoxy) is 1. The quantitative estimate of drug-likeness (QED) is 0.471. The van der Waals surface area contributed by atoms with Crippen LogP contribution in [0.15, 0.2) is 18.2 Å². The highest BCUT2D eigenvalue weighted by Gasteiger charge is 2.33. The highest BCUT2D eigenvalue weighted by Crippen LogP contribution is 2.36. The number of benzene rings is 1. The number of hydrogen-bond acceptors (Lipinski definition) is 4. The Morgan fingerprint density at radius 1 is 1.07 bits per heavy atom. The molecule has 0 aromatic heterocycles. The van der Waals surface area contributed by atoms with Crippen molar-refractivity contribution in [1.82, 2.24) is 9.80 Å². The van der Waals surface area contributed by atoms with E-state index in [9.17, 15) is 31.1 Å². The Hall–Kier alpha value is -1.56. The summed E-state index contributed by atoms with van der Waals surface area (Å²) in [6.07, 6.45) is -8.48. The lowest BCUT2D eigenvalue weighted by Crippen LogP contribution is -2.48. The maximum atomic E-state index is 12.9. The number of anilines is 1. The number of alkyl halides is 6. The van der Waals surface area contributed by atoms with Crippen LogP contribution in [-0.4, -0.2) is 74.4 Å². The van der Waals surface area contributed by atoms with Crippen molar-refractivity contribution in [3.63, 3.8) is 0 Å². The molecule has 1 saturated heterocycles. The van der Waals surface area contributed by atoms with E-state index in [0.29, 0.717) is 39.1 Å². The first-order valence-electron chi connectivity index (χ1n) is 9.20. The lowest BCUT2D eigenvalue weighted by atomic mass is 10.2. The van der Waals surface area contributed by atoms with Gasteiger partial charge in [-0.25, -0.2) is 0 Å². The highest BCUT2D eigenvalue weighted by atomic mass is 35.5. The summed E-state index contributed by atoms with van der Waals surface area (Å²) in [4.78, 5) is 16.1. The summed E-state index contributed by atoms with van der Waals surface area (Å²) in [6.45, 7) is 1.75. The van der Waals surface area contributed by atoms with E-state index in [2.05, 4.69) is 15.0 Å². The van der Waals surface area contributed by atoms with Crippen molar-refractivity contribution in [2.45, 2.75) is 18.8 Å². The molecule has 0 unspecified atom stereocenters. The van der Waals surface area contributed by atoms with Crippen LogP contribution in [0.1, 0.15) is 12.0 Å². The average molecular weight is 462 g/mol. The van der Waals surface area contributed by atoms with Crippen LogP contribution in [0.5, 0.6) is 0 Å². The van der Waals surface area contributed by atoms with Crippen LogP contribution in [-0.2, 0) is 15.7 Å². The summed E-state index contributed by atoms with van der Waals surface area (Å²) in [5.41, 5.74) is -1.01. The minimum atomic E-state index is -4.62. The van der Waals surface area contributed by atoms with Crippen molar-refractivity contribution >= 4 is 23.2 Å². The molecule has 170 valence electrons. The zero-order valence-electron chi connectivity index (χ0n) is 16.0. The number of rotatable bonds is 8. The van der Waals surface area contributed by atoms with Gasteiger partial charge < -0.3 is 15.0 Å². The Kier molecular flexibility index (Phi) is 8.77. The van der Waals surface area contributed by atoms with Crippen molar-refractivity contribution < 1.29 is 35.9 Å². The van der Waals surface area contributed by atoms with E-state index >= 15 is 0 Å². The standard InChI is InChI=1S/C18H22ClF6N3O2/c19-15-3-2-13(10-14(15)18(23,24)25)26-16(29)11-28-7-5-27(6-8-28)4-1-9-30-12-17(20,21)22/h2-3,10H,1,4-9,11-12H2,(H,26,29). The molecule has 12 heteroatoms. The molecule has 0 radical (unpaired) electrons. The van der Waals surface area contributed by atoms with Crippen LogP contribution in [0.25, 0.3) is 0 Å². The van der Waals surface area contributed by atoms with Gasteiger partial charge in [-0.05, 0) is 24.6 Å². The first kappa shape index (κ1) is 24.7. The Balaban J connectivity index is 1.69. The largest absolute Gasteiger partial charge is 0.417 e. The summed E-state index contributed by atoms with van der Waals surface area (Å²) < 4.78 is 79.2. The molecule has 0 bridgehead atoms. The van der Waals surface area contributed by atoms with Gasteiger partial charge in [0.1, 0.15) is 6.61 Å². The van der Waals surface area contributed by atoms with Crippen LogP contribution < -0.4 is 5.32 Å². The fourth-order valence-corrected chi connectivity index (χ4v) is 3.20. The zero-order valence-corrected chi connectivity index (χ0v) is 16.7. The predicted molar refractivity (Wildman–Crippen MR) is 99.5 cm³/mol. The minimum Gasteiger partial charge on any atom is -0.372 e. The molecule has 5 nitrogen and oxygen atoms in total. The number of piperazine rings is 1. The van der Waals surface area contributed by atoms with Gasteiger partial charge in [-0.3, -0.25) is 9.69 Å². The number of nitrogens with zero attached hydrogens (tertiary/aromatic N) is 2. The van der Waals surface area contributed by atoms with E-state index in [-0.39, 0.29) is 18.8 Å². The lowest BCUT2D eigenvalue weighted by molar-refractivity contribution is -0.174. The van der Waals surface area contributed by atoms with Gasteiger partial charge in [0.25, 0.3) is 0 Å². The molecule has 1 aromatic carbocycles. The molecule has 30 heavy (non-hydrogen) atoms. The van der Waals surface area contributed by atoms with Crippen LogP contribution in [0.3, 0.4) is 0 Å². The number of amides is 1. The third kappa shape index (κ3) is 8.66. The van der Waals surface area contributed by atoms with Gasteiger partial charge in [-0.1, -0.05) is 11.6 Å². The van der Waals surface area contributed by atoms with Crippen molar-refractivity contribution in [3.8, 4) is 0 Å². The third-order valence-electron chi connectivity index (χ3n) is 4.42. The molecule has 1 aliphatic rings. The second-order valence-electron chi connectivity index (χ2n) is 6.88. The number of nitrogens with one attached hydrogen (secondary N) is 1. The Bertz CT molecular complexity index is 706. The Morgan fingerprint density at radius 2 is 1.70 bits per heavy atom. The molecule has 1 aliphatic heterocycles. The van der Waals surface area contributed by atoms with Gasteiger partial charge in [0.2, 0.25) is 5.91 Å². The molecule has 1 amide bonds. The first-order chi connectivity index (χ1) is 13.9. The number of hydrogen-bond donors (Lipinski definition) is 1. The molecule has 1 heterocycles. The van der Waals surface area contributed by atoms with Gasteiger partial charge in [-0.2, -0.15) is 26.3 Å². The molecule has 0 spiro atoms. The third-order valence-corrected chi connectivity index (χ3v) is 4.75. The zero-order chi connectivity index (χ0) is 22.4. The van der Waals surface area contributed by atoms with Crippen LogP contribution >= 0.6 is 11.6 Å². The maximum Gasteiger partial charge on any atom is 0.417 e. The minimum absolute atomic E-state index is 0.00853. The molecule has 1 fully saturated rings. The smallest absolute Gasteiger partial charge is 0.372 e. The van der Waals surface area contributed by atoms with Crippen LogP contribution in [0.4, 0.5) is 32.0 Å². The monoisotopic (exact) mass is 461 g/mol. The van der Waals surface area contributed by atoms with Crippen molar-refractivity contribution in [2.75, 3.05) is 57.8 Å². The highest BCUT2D eigenvalue weighted by molar-refractivity contribution is 6.31. The molecule has 0 aliphatic carbocycles. The summed E-state index contributed by atoms with van der Waals surface area (Å²) in [7, 11) is 0. The lowest BCUT2D eigenvalue weighted by Gasteiger charge is -2.34. The SMILES string of the molecule is O=C(CN1CCN(CCCOCC(F)(F)F)CC1)Nc1ccc(Cl)c(C(F)(F)F)c1. The van der Waals surface area contributed by atoms with E-state index in [1.54, 1.807) is 0 Å². The van der Waals surface area contributed by atoms with Gasteiger partial charge >= 0.3 is 12.4 Å². The van der Waals surface area contributed by atoms with E-state index in [0.717, 1.165) is 12.1 Å². The summed E-state index contributed by atoms with van der Waals surface area (Å²) in [6, 6.07) is 3.17. The Morgan fingerprint density at radius 3 is 2.30 bits per heavy atom. The summed E-state index contributed by atoms with van der Waals surface area (Å²) in [5.74, 6) is -0.445. The van der Waals surface area contributed by atoms with Crippen molar-refractivity contribution in [3.05, 3.63) is 28.8 Å². The van der Waals surface area contributed by atoms with Crippen LogP contribution in [0.2, 0.25) is 5.02 Å². The maximum absolute atomic E-state index is 12.9.